The molecule has 3 aromatic carbocycles. The van der Waals surface area contributed by atoms with E-state index in [1.165, 1.54) is 17.1 Å². The molecule has 0 aliphatic heterocycles. The Bertz CT molecular complexity index is 1230. The Morgan fingerprint density at radius 3 is 2.40 bits per heavy atom. The fourth-order valence-electron chi connectivity index (χ4n) is 3.22. The third-order valence-corrected chi connectivity index (χ3v) is 5.91. The molecule has 0 aliphatic carbocycles. The van der Waals surface area contributed by atoms with Gasteiger partial charge in [-0.2, -0.15) is 11.8 Å². The monoisotopic (exact) mass is 416 g/mol. The van der Waals surface area contributed by atoms with Gasteiger partial charge in [-0.15, -0.1) is 0 Å². The van der Waals surface area contributed by atoms with Gasteiger partial charge in [0, 0.05) is 16.9 Å². The predicted molar refractivity (Wildman–Crippen MR) is 121 cm³/mol. The van der Waals surface area contributed by atoms with Gasteiger partial charge in [-0.3, -0.25) is 4.79 Å². The number of thioether (sulfide) groups is 1. The van der Waals surface area contributed by atoms with Gasteiger partial charge >= 0.3 is 5.97 Å². The van der Waals surface area contributed by atoms with Crippen molar-refractivity contribution in [1.29, 1.82) is 0 Å². The second-order valence-corrected chi connectivity index (χ2v) is 7.98. The van der Waals surface area contributed by atoms with Crippen LogP contribution in [0.25, 0.3) is 21.7 Å². The molecular formula is C24H20N2O3S. The zero-order valence-corrected chi connectivity index (χ0v) is 16.9. The first-order chi connectivity index (χ1) is 14.6. The van der Waals surface area contributed by atoms with E-state index >= 15 is 0 Å². The Balaban J connectivity index is 1.39. The first-order valence-corrected chi connectivity index (χ1v) is 10.7. The van der Waals surface area contributed by atoms with Crippen molar-refractivity contribution in [1.82, 2.24) is 10.3 Å². The van der Waals surface area contributed by atoms with Gasteiger partial charge in [0.05, 0.1) is 5.52 Å². The Hall–Kier alpha value is -3.38. The molecule has 5 nitrogen and oxygen atoms in total. The molecule has 0 radical (unpaired) electrons. The van der Waals surface area contributed by atoms with Crippen molar-refractivity contribution in [2.75, 3.05) is 5.75 Å². The maximum atomic E-state index is 12.5. The third kappa shape index (κ3) is 4.60. The van der Waals surface area contributed by atoms with Crippen molar-refractivity contribution >= 4 is 45.3 Å². The van der Waals surface area contributed by atoms with E-state index in [0.29, 0.717) is 11.3 Å². The van der Waals surface area contributed by atoms with E-state index in [1.54, 1.807) is 6.07 Å². The number of carbonyl (C=O) groups excluding carboxylic acids is 1. The van der Waals surface area contributed by atoms with E-state index in [4.69, 9.17) is 0 Å². The predicted octanol–water partition coefficient (Wildman–Crippen LogP) is 4.50. The number of para-hydroxylation sites is 1. The number of aliphatic carboxylic acids is 1. The van der Waals surface area contributed by atoms with Crippen LogP contribution in [0.3, 0.4) is 0 Å². The largest absolute Gasteiger partial charge is 0.480 e. The lowest BCUT2D eigenvalue weighted by molar-refractivity contribution is -0.138. The summed E-state index contributed by atoms with van der Waals surface area (Å²) in [5.74, 6) is -0.616. The number of nitrogens with zero attached hydrogens (tertiary/aromatic N) is 1. The van der Waals surface area contributed by atoms with Gasteiger partial charge in [-0.25, -0.2) is 9.78 Å². The molecule has 4 aromatic rings. The van der Waals surface area contributed by atoms with Crippen LogP contribution in [0.1, 0.15) is 16.1 Å². The van der Waals surface area contributed by atoms with Crippen LogP contribution in [0.5, 0.6) is 0 Å². The molecule has 0 saturated heterocycles. The number of carbonyl (C=O) groups is 2. The summed E-state index contributed by atoms with van der Waals surface area (Å²) in [4.78, 5) is 28.5. The van der Waals surface area contributed by atoms with E-state index in [-0.39, 0.29) is 11.4 Å². The van der Waals surface area contributed by atoms with Crippen molar-refractivity contribution in [3.63, 3.8) is 0 Å². The summed E-state index contributed by atoms with van der Waals surface area (Å²) in [6, 6.07) is 24.2. The highest BCUT2D eigenvalue weighted by molar-refractivity contribution is 7.98. The Labute approximate surface area is 178 Å². The minimum Gasteiger partial charge on any atom is -0.480 e. The average Bonchev–Trinajstić information content (AvgIpc) is 2.77. The molecule has 30 heavy (non-hydrogen) atoms. The fraction of sp³-hybridized carbons (Fsp3) is 0.125. The summed E-state index contributed by atoms with van der Waals surface area (Å²) in [5, 5.41) is 15.4. The molecular weight excluding hydrogens is 396 g/mol. The summed E-state index contributed by atoms with van der Waals surface area (Å²) in [7, 11) is 0. The van der Waals surface area contributed by atoms with Gasteiger partial charge in [0.15, 0.2) is 0 Å². The maximum absolute atomic E-state index is 12.5. The number of carboxylic acid groups (broad SMARTS) is 1. The number of carboxylic acids is 1. The highest BCUT2D eigenvalue weighted by Gasteiger charge is 2.21. The topological polar surface area (TPSA) is 79.3 Å². The van der Waals surface area contributed by atoms with Gasteiger partial charge in [-0.05, 0) is 28.5 Å². The smallest absolute Gasteiger partial charge is 0.327 e. The van der Waals surface area contributed by atoms with Crippen molar-refractivity contribution < 1.29 is 14.7 Å². The van der Waals surface area contributed by atoms with Crippen molar-refractivity contribution in [3.05, 3.63) is 90.1 Å². The molecule has 1 heterocycles. The van der Waals surface area contributed by atoms with E-state index in [9.17, 15) is 14.7 Å². The number of aromatic nitrogens is 1. The Kier molecular flexibility index (Phi) is 5.95. The molecule has 2 N–H and O–H groups in total. The molecule has 1 amide bonds. The van der Waals surface area contributed by atoms with Crippen molar-refractivity contribution in [2.24, 2.45) is 0 Å². The van der Waals surface area contributed by atoms with Crippen LogP contribution in [0.4, 0.5) is 0 Å². The molecule has 0 unspecified atom stereocenters. The lowest BCUT2D eigenvalue weighted by Crippen LogP contribution is -2.42. The molecule has 1 atom stereocenters. The fourth-order valence-corrected chi connectivity index (χ4v) is 4.22. The van der Waals surface area contributed by atoms with Crippen molar-refractivity contribution in [2.45, 2.75) is 11.8 Å². The number of hydrogen-bond acceptors (Lipinski definition) is 4. The standard InChI is InChI=1S/C24H20N2O3S/c27-23(21-12-11-18-6-3-4-8-20(18)25-21)26-22(24(28)29)15-30-14-16-9-10-17-5-1-2-7-19(17)13-16/h1-13,22H,14-15H2,(H,26,27)(H,28,29)/t22-/m0/s1. The molecule has 0 saturated carbocycles. The first kappa shape index (κ1) is 19.9. The number of nitrogens with one attached hydrogen (secondary N) is 1. The number of fused-ring (bicyclic) bond motifs is 2. The molecule has 0 bridgehead atoms. The van der Waals surface area contributed by atoms with Crippen LogP contribution in [-0.2, 0) is 10.5 Å². The number of pyridine rings is 1. The lowest BCUT2D eigenvalue weighted by atomic mass is 10.1. The highest BCUT2D eigenvalue weighted by Crippen LogP contribution is 2.20. The summed E-state index contributed by atoms with van der Waals surface area (Å²) in [5.41, 5.74) is 2.02. The van der Waals surface area contributed by atoms with Gasteiger partial charge in [0.1, 0.15) is 11.7 Å². The van der Waals surface area contributed by atoms with E-state index in [0.717, 1.165) is 16.3 Å². The first-order valence-electron chi connectivity index (χ1n) is 9.55. The number of rotatable bonds is 7. The van der Waals surface area contributed by atoms with Gasteiger partial charge < -0.3 is 10.4 Å². The van der Waals surface area contributed by atoms with E-state index in [1.807, 2.05) is 48.5 Å². The summed E-state index contributed by atoms with van der Waals surface area (Å²) >= 11 is 1.48. The minimum atomic E-state index is -1.06. The van der Waals surface area contributed by atoms with Crippen LogP contribution < -0.4 is 5.32 Å². The van der Waals surface area contributed by atoms with Gasteiger partial charge in [0.25, 0.3) is 5.91 Å². The molecule has 1 aromatic heterocycles. The summed E-state index contributed by atoms with van der Waals surface area (Å²) < 4.78 is 0. The second-order valence-electron chi connectivity index (χ2n) is 6.95. The normalized spacial score (nSPS) is 12.0. The minimum absolute atomic E-state index is 0.208. The Morgan fingerprint density at radius 2 is 1.60 bits per heavy atom. The molecule has 4 rings (SSSR count). The molecule has 0 aliphatic rings. The molecule has 0 spiro atoms. The quantitative estimate of drug-likeness (QED) is 0.464. The zero-order chi connectivity index (χ0) is 20.9. The van der Waals surface area contributed by atoms with Crippen LogP contribution in [0.15, 0.2) is 78.9 Å². The number of amides is 1. The van der Waals surface area contributed by atoms with E-state index in [2.05, 4.69) is 34.6 Å². The van der Waals surface area contributed by atoms with Crippen LogP contribution >= 0.6 is 11.8 Å². The third-order valence-electron chi connectivity index (χ3n) is 4.80. The SMILES string of the molecule is O=C(N[C@@H](CSCc1ccc2ccccc2c1)C(=O)O)c1ccc2ccccc2n1. The summed E-state index contributed by atoms with van der Waals surface area (Å²) in [6.45, 7) is 0. The van der Waals surface area contributed by atoms with Gasteiger partial charge in [0.2, 0.25) is 0 Å². The van der Waals surface area contributed by atoms with Crippen molar-refractivity contribution in [3.8, 4) is 0 Å². The molecule has 6 heteroatoms. The van der Waals surface area contributed by atoms with E-state index < -0.39 is 17.9 Å². The van der Waals surface area contributed by atoms with Crippen LogP contribution in [0.2, 0.25) is 0 Å². The molecule has 0 fully saturated rings. The molecule has 150 valence electrons. The van der Waals surface area contributed by atoms with Gasteiger partial charge in [-0.1, -0.05) is 66.7 Å². The number of hydrogen-bond donors (Lipinski definition) is 2. The lowest BCUT2D eigenvalue weighted by Gasteiger charge is -2.14. The summed E-state index contributed by atoms with van der Waals surface area (Å²) in [6.07, 6.45) is 0. The highest BCUT2D eigenvalue weighted by atomic mass is 32.2. The number of benzene rings is 3. The Morgan fingerprint density at radius 1 is 0.900 bits per heavy atom. The zero-order valence-electron chi connectivity index (χ0n) is 16.1. The second kappa shape index (κ2) is 8.97. The van der Waals surface area contributed by atoms with Crippen LogP contribution in [-0.4, -0.2) is 33.8 Å². The maximum Gasteiger partial charge on any atom is 0.327 e. The average molecular weight is 417 g/mol. The van der Waals surface area contributed by atoms with Crippen LogP contribution in [0, 0.1) is 0 Å².